The van der Waals surface area contributed by atoms with E-state index in [0.717, 1.165) is 12.8 Å². The van der Waals surface area contributed by atoms with Gasteiger partial charge in [0.1, 0.15) is 0 Å². The summed E-state index contributed by atoms with van der Waals surface area (Å²) in [6, 6.07) is 4.22. The molecule has 0 spiro atoms. The second-order valence-electron chi connectivity index (χ2n) is 5.98. The molecule has 2 rings (SSSR count). The molecule has 1 saturated carbocycles. The highest BCUT2D eigenvalue weighted by Crippen LogP contribution is 2.35. The SMILES string of the molecule is CC1(CNC(=O)c2cc([N+](=O)[O-])ccc2Br)CCCCC1. The van der Waals surface area contributed by atoms with Gasteiger partial charge >= 0.3 is 0 Å². The number of rotatable bonds is 4. The maximum atomic E-state index is 12.3. The summed E-state index contributed by atoms with van der Waals surface area (Å²) in [5, 5.41) is 13.7. The number of nitro groups is 1. The first-order valence-electron chi connectivity index (χ1n) is 7.13. The number of halogens is 1. The minimum absolute atomic E-state index is 0.0766. The molecule has 21 heavy (non-hydrogen) atoms. The highest BCUT2D eigenvalue weighted by Gasteiger charge is 2.27. The fraction of sp³-hybridized carbons (Fsp3) is 0.533. The molecule has 1 fully saturated rings. The smallest absolute Gasteiger partial charge is 0.270 e. The molecular formula is C15H19BrN2O3. The van der Waals surface area contributed by atoms with E-state index < -0.39 is 4.92 Å². The van der Waals surface area contributed by atoms with Crippen LogP contribution in [0, 0.1) is 15.5 Å². The molecular weight excluding hydrogens is 336 g/mol. The Balaban J connectivity index is 2.06. The lowest BCUT2D eigenvalue weighted by molar-refractivity contribution is -0.384. The van der Waals surface area contributed by atoms with Gasteiger partial charge in [-0.05, 0) is 40.3 Å². The van der Waals surface area contributed by atoms with Crippen molar-refractivity contribution in [1.82, 2.24) is 5.32 Å². The van der Waals surface area contributed by atoms with Crippen molar-refractivity contribution in [2.24, 2.45) is 5.41 Å². The number of carbonyl (C=O) groups excluding carboxylic acids is 1. The number of carbonyl (C=O) groups is 1. The van der Waals surface area contributed by atoms with E-state index in [1.807, 2.05) is 0 Å². The predicted molar refractivity (Wildman–Crippen MR) is 84.3 cm³/mol. The standard InChI is InChI=1S/C15H19BrN2O3/c1-15(7-3-2-4-8-15)10-17-14(19)12-9-11(18(20)21)5-6-13(12)16/h5-6,9H,2-4,7-8,10H2,1H3,(H,17,19). The number of non-ortho nitro benzene ring substituents is 1. The zero-order valence-corrected chi connectivity index (χ0v) is 13.6. The normalized spacial score (nSPS) is 17.2. The molecule has 1 aromatic carbocycles. The maximum Gasteiger partial charge on any atom is 0.270 e. The van der Waals surface area contributed by atoms with E-state index in [0.29, 0.717) is 16.6 Å². The van der Waals surface area contributed by atoms with Gasteiger partial charge in [0.2, 0.25) is 0 Å². The molecule has 0 aromatic heterocycles. The van der Waals surface area contributed by atoms with E-state index in [-0.39, 0.29) is 17.0 Å². The van der Waals surface area contributed by atoms with Crippen LogP contribution in [-0.4, -0.2) is 17.4 Å². The molecule has 114 valence electrons. The van der Waals surface area contributed by atoms with Crippen molar-refractivity contribution >= 4 is 27.5 Å². The van der Waals surface area contributed by atoms with Crippen LogP contribution < -0.4 is 5.32 Å². The summed E-state index contributed by atoms with van der Waals surface area (Å²) in [6.45, 7) is 2.80. The second kappa shape index (κ2) is 6.56. The van der Waals surface area contributed by atoms with Gasteiger partial charge in [0.05, 0.1) is 10.5 Å². The molecule has 1 N–H and O–H groups in total. The van der Waals surface area contributed by atoms with Crippen LogP contribution in [-0.2, 0) is 0 Å². The first kappa shape index (κ1) is 15.9. The lowest BCUT2D eigenvalue weighted by Gasteiger charge is -2.33. The zero-order chi connectivity index (χ0) is 15.5. The Bertz CT molecular complexity index is 554. The van der Waals surface area contributed by atoms with Crippen molar-refractivity contribution < 1.29 is 9.72 Å². The van der Waals surface area contributed by atoms with Crippen molar-refractivity contribution in [2.75, 3.05) is 6.54 Å². The van der Waals surface area contributed by atoms with Crippen LogP contribution in [0.1, 0.15) is 49.4 Å². The van der Waals surface area contributed by atoms with Gasteiger partial charge in [-0.15, -0.1) is 0 Å². The van der Waals surface area contributed by atoms with Crippen LogP contribution in [0.2, 0.25) is 0 Å². The van der Waals surface area contributed by atoms with Gasteiger partial charge in [0.15, 0.2) is 0 Å². The number of amides is 1. The van der Waals surface area contributed by atoms with E-state index in [2.05, 4.69) is 28.2 Å². The van der Waals surface area contributed by atoms with E-state index in [1.54, 1.807) is 0 Å². The summed E-state index contributed by atoms with van der Waals surface area (Å²) in [5.74, 6) is -0.266. The van der Waals surface area contributed by atoms with Gasteiger partial charge in [-0.2, -0.15) is 0 Å². The maximum absolute atomic E-state index is 12.3. The third-order valence-corrected chi connectivity index (χ3v) is 4.83. The molecule has 6 heteroatoms. The summed E-state index contributed by atoms with van der Waals surface area (Å²) < 4.78 is 0.569. The molecule has 1 aliphatic rings. The topological polar surface area (TPSA) is 72.2 Å². The summed E-state index contributed by atoms with van der Waals surface area (Å²) >= 11 is 3.28. The van der Waals surface area contributed by atoms with Crippen LogP contribution in [0.3, 0.4) is 0 Å². The highest BCUT2D eigenvalue weighted by molar-refractivity contribution is 9.10. The Labute approximate surface area is 132 Å². The fourth-order valence-electron chi connectivity index (χ4n) is 2.77. The van der Waals surface area contributed by atoms with Gasteiger partial charge in [0.25, 0.3) is 11.6 Å². The molecule has 0 bridgehead atoms. The molecule has 1 amide bonds. The van der Waals surface area contributed by atoms with Gasteiger partial charge in [-0.25, -0.2) is 0 Å². The second-order valence-corrected chi connectivity index (χ2v) is 6.83. The molecule has 1 aliphatic carbocycles. The van der Waals surface area contributed by atoms with Crippen molar-refractivity contribution in [3.63, 3.8) is 0 Å². The summed E-state index contributed by atoms with van der Waals surface area (Å²) in [5.41, 5.74) is 0.372. The van der Waals surface area contributed by atoms with Crippen molar-refractivity contribution in [3.8, 4) is 0 Å². The molecule has 5 nitrogen and oxygen atoms in total. The largest absolute Gasteiger partial charge is 0.351 e. The molecule has 0 heterocycles. The average Bonchev–Trinajstić information content (AvgIpc) is 2.46. The average molecular weight is 355 g/mol. The predicted octanol–water partition coefficient (Wildman–Crippen LogP) is 4.06. The Morgan fingerprint density at radius 1 is 1.38 bits per heavy atom. The first-order chi connectivity index (χ1) is 9.91. The summed E-state index contributed by atoms with van der Waals surface area (Å²) in [7, 11) is 0. The van der Waals surface area contributed by atoms with Crippen molar-refractivity contribution in [1.29, 1.82) is 0 Å². The van der Waals surface area contributed by atoms with Crippen LogP contribution in [0.15, 0.2) is 22.7 Å². The number of hydrogen-bond donors (Lipinski definition) is 1. The minimum atomic E-state index is -0.494. The molecule has 0 radical (unpaired) electrons. The monoisotopic (exact) mass is 354 g/mol. The van der Waals surface area contributed by atoms with Crippen LogP contribution in [0.5, 0.6) is 0 Å². The molecule has 1 aromatic rings. The van der Waals surface area contributed by atoms with Gasteiger partial charge in [-0.1, -0.05) is 26.2 Å². The van der Waals surface area contributed by atoms with E-state index in [1.165, 1.54) is 37.5 Å². The van der Waals surface area contributed by atoms with Gasteiger partial charge in [0, 0.05) is 23.2 Å². The Kier molecular flexibility index (Phi) is 4.98. The third kappa shape index (κ3) is 4.03. The number of nitrogens with zero attached hydrogens (tertiary/aromatic N) is 1. The lowest BCUT2D eigenvalue weighted by atomic mass is 9.76. The molecule has 0 saturated heterocycles. The van der Waals surface area contributed by atoms with Gasteiger partial charge in [-0.3, -0.25) is 14.9 Å². The van der Waals surface area contributed by atoms with Gasteiger partial charge < -0.3 is 5.32 Å². The molecule has 0 atom stereocenters. The fourth-order valence-corrected chi connectivity index (χ4v) is 3.20. The number of nitrogens with one attached hydrogen (secondary N) is 1. The Hall–Kier alpha value is -1.43. The molecule has 0 aliphatic heterocycles. The number of nitro benzene ring substituents is 1. The minimum Gasteiger partial charge on any atom is -0.351 e. The zero-order valence-electron chi connectivity index (χ0n) is 12.0. The van der Waals surface area contributed by atoms with E-state index in [9.17, 15) is 14.9 Å². The summed E-state index contributed by atoms with van der Waals surface area (Å²) in [6.07, 6.45) is 5.90. The van der Waals surface area contributed by atoms with E-state index >= 15 is 0 Å². The van der Waals surface area contributed by atoms with Crippen LogP contribution in [0.4, 0.5) is 5.69 Å². The van der Waals surface area contributed by atoms with Crippen molar-refractivity contribution in [3.05, 3.63) is 38.3 Å². The van der Waals surface area contributed by atoms with Crippen LogP contribution in [0.25, 0.3) is 0 Å². The lowest BCUT2D eigenvalue weighted by Crippen LogP contribution is -2.37. The Morgan fingerprint density at radius 2 is 2.05 bits per heavy atom. The Morgan fingerprint density at radius 3 is 2.67 bits per heavy atom. The first-order valence-corrected chi connectivity index (χ1v) is 7.93. The summed E-state index contributed by atoms with van der Waals surface area (Å²) in [4.78, 5) is 22.6. The number of hydrogen-bond acceptors (Lipinski definition) is 3. The number of benzene rings is 1. The third-order valence-electron chi connectivity index (χ3n) is 4.14. The quantitative estimate of drug-likeness (QED) is 0.654. The van der Waals surface area contributed by atoms with Crippen molar-refractivity contribution in [2.45, 2.75) is 39.0 Å². The highest BCUT2D eigenvalue weighted by atomic mass is 79.9. The van der Waals surface area contributed by atoms with Crippen LogP contribution >= 0.6 is 15.9 Å². The molecule has 0 unspecified atom stereocenters. The van der Waals surface area contributed by atoms with E-state index in [4.69, 9.17) is 0 Å².